The summed E-state index contributed by atoms with van der Waals surface area (Å²) < 4.78 is 22.9. The van der Waals surface area contributed by atoms with Gasteiger partial charge in [-0.15, -0.1) is 0 Å². The topological polar surface area (TPSA) is 130 Å². The number of amides is 3. The Hall–Kier alpha value is -1.90. The lowest BCUT2D eigenvalue weighted by atomic mass is 10.2. The van der Waals surface area contributed by atoms with Crippen molar-refractivity contribution >= 4 is 27.7 Å². The van der Waals surface area contributed by atoms with E-state index in [4.69, 9.17) is 5.11 Å². The van der Waals surface area contributed by atoms with Gasteiger partial charge in [0.2, 0.25) is 0 Å². The normalized spacial score (nSPS) is 21.2. The molecule has 106 valence electrons. The van der Waals surface area contributed by atoms with E-state index in [2.05, 4.69) is 5.32 Å². The summed E-state index contributed by atoms with van der Waals surface area (Å²) in [7, 11) is -3.15. The summed E-state index contributed by atoms with van der Waals surface area (Å²) >= 11 is 0. The number of carboxylic acids is 1. The first-order chi connectivity index (χ1) is 8.81. The van der Waals surface area contributed by atoms with Crippen molar-refractivity contribution < 1.29 is 27.9 Å². The Morgan fingerprint density at radius 1 is 1.26 bits per heavy atom. The van der Waals surface area contributed by atoms with Crippen molar-refractivity contribution in [2.75, 3.05) is 12.3 Å². The van der Waals surface area contributed by atoms with Gasteiger partial charge in [-0.3, -0.25) is 10.1 Å². The van der Waals surface area contributed by atoms with Crippen LogP contribution in [0.2, 0.25) is 0 Å². The van der Waals surface area contributed by atoms with Gasteiger partial charge in [-0.05, 0) is 12.8 Å². The fourth-order valence-corrected chi connectivity index (χ4v) is 3.40. The molecule has 1 fully saturated rings. The Bertz CT molecular complexity index is 510. The summed E-state index contributed by atoms with van der Waals surface area (Å²) in [6, 6.07) is -0.859. The van der Waals surface area contributed by atoms with Crippen LogP contribution < -0.4 is 10.6 Å². The van der Waals surface area contributed by atoms with Crippen molar-refractivity contribution in [1.29, 1.82) is 0 Å². The second-order valence-electron chi connectivity index (χ2n) is 4.00. The molecule has 0 aromatic heterocycles. The van der Waals surface area contributed by atoms with E-state index in [0.717, 1.165) is 0 Å². The molecule has 0 spiro atoms. The first-order valence-electron chi connectivity index (χ1n) is 5.52. The first kappa shape index (κ1) is 15.2. The quantitative estimate of drug-likeness (QED) is 0.571. The van der Waals surface area contributed by atoms with Crippen LogP contribution in [0.4, 0.5) is 4.79 Å². The van der Waals surface area contributed by atoms with E-state index in [9.17, 15) is 22.8 Å². The summed E-state index contributed by atoms with van der Waals surface area (Å²) in [5.41, 5.74) is 0. The largest absolute Gasteiger partial charge is 0.478 e. The van der Waals surface area contributed by atoms with Gasteiger partial charge in [-0.2, -0.15) is 0 Å². The number of hydrogen-bond acceptors (Lipinski definition) is 5. The molecule has 1 rings (SSSR count). The monoisotopic (exact) mass is 290 g/mol. The summed E-state index contributed by atoms with van der Waals surface area (Å²) in [5, 5.41) is 11.8. The van der Waals surface area contributed by atoms with Gasteiger partial charge in [-0.25, -0.2) is 18.0 Å². The number of carbonyl (C=O) groups excluding carboxylic acids is 2. The Morgan fingerprint density at radius 3 is 2.47 bits per heavy atom. The molecule has 0 aromatic rings. The minimum Gasteiger partial charge on any atom is -0.478 e. The molecular formula is C10H14N2O6S. The summed E-state index contributed by atoms with van der Waals surface area (Å²) in [4.78, 5) is 32.4. The Kier molecular flexibility index (Phi) is 5.04. The highest BCUT2D eigenvalue weighted by molar-refractivity contribution is 7.92. The van der Waals surface area contributed by atoms with E-state index in [1.807, 2.05) is 5.32 Å². The highest BCUT2D eigenvalue weighted by atomic mass is 32.2. The number of hydrogen-bond donors (Lipinski definition) is 3. The van der Waals surface area contributed by atoms with E-state index >= 15 is 0 Å². The van der Waals surface area contributed by atoms with Crippen molar-refractivity contribution in [2.45, 2.75) is 18.1 Å². The van der Waals surface area contributed by atoms with E-state index in [1.165, 1.54) is 0 Å². The van der Waals surface area contributed by atoms with Crippen LogP contribution >= 0.6 is 0 Å². The molecule has 0 bridgehead atoms. The Morgan fingerprint density at radius 2 is 1.95 bits per heavy atom. The zero-order chi connectivity index (χ0) is 14.5. The Balaban J connectivity index is 2.36. The third-order valence-corrected chi connectivity index (χ3v) is 4.84. The summed E-state index contributed by atoms with van der Waals surface area (Å²) in [5.74, 6) is -2.09. The third kappa shape index (κ3) is 5.08. The average Bonchev–Trinajstić information content (AvgIpc) is 2.63. The Labute approximate surface area is 109 Å². The number of urea groups is 1. The molecular weight excluding hydrogens is 276 g/mol. The molecule has 0 aromatic carbocycles. The minimum absolute atomic E-state index is 0.0654. The average molecular weight is 290 g/mol. The third-order valence-electron chi connectivity index (χ3n) is 2.57. The fraction of sp³-hybridized carbons (Fsp3) is 0.500. The number of nitrogens with one attached hydrogen (secondary N) is 2. The molecule has 8 nitrogen and oxygen atoms in total. The molecule has 0 saturated carbocycles. The van der Waals surface area contributed by atoms with Crippen molar-refractivity contribution in [3.8, 4) is 0 Å². The molecule has 1 heterocycles. The molecule has 1 unspecified atom stereocenters. The van der Waals surface area contributed by atoms with E-state index < -0.39 is 33.0 Å². The number of aliphatic carboxylic acids is 1. The first-order valence-corrected chi connectivity index (χ1v) is 7.24. The molecule has 0 aliphatic carbocycles. The van der Waals surface area contributed by atoms with Gasteiger partial charge in [-0.1, -0.05) is 0 Å². The van der Waals surface area contributed by atoms with Crippen LogP contribution in [-0.2, 0) is 19.4 Å². The van der Waals surface area contributed by atoms with Gasteiger partial charge in [0, 0.05) is 18.7 Å². The van der Waals surface area contributed by atoms with Gasteiger partial charge in [0.15, 0.2) is 9.84 Å². The second kappa shape index (κ2) is 6.32. The van der Waals surface area contributed by atoms with Crippen LogP contribution in [0.1, 0.15) is 12.8 Å². The van der Waals surface area contributed by atoms with Gasteiger partial charge in [0.1, 0.15) is 0 Å². The second-order valence-corrected chi connectivity index (χ2v) is 6.40. The van der Waals surface area contributed by atoms with Crippen molar-refractivity contribution in [2.24, 2.45) is 0 Å². The molecule has 1 aliphatic rings. The number of imide groups is 1. The molecule has 19 heavy (non-hydrogen) atoms. The molecule has 1 saturated heterocycles. The number of carboxylic acid groups (broad SMARTS) is 1. The van der Waals surface area contributed by atoms with Gasteiger partial charge < -0.3 is 10.4 Å². The maximum Gasteiger partial charge on any atom is 0.328 e. The summed E-state index contributed by atoms with van der Waals surface area (Å²) in [6.45, 7) is -0.0654. The molecule has 1 aliphatic heterocycles. The molecule has 3 N–H and O–H groups in total. The molecule has 9 heteroatoms. The lowest BCUT2D eigenvalue weighted by molar-refractivity contribution is -0.131. The number of carbonyl (C=O) groups is 3. The molecule has 3 amide bonds. The number of rotatable bonds is 4. The zero-order valence-corrected chi connectivity index (χ0v) is 10.8. The lowest BCUT2D eigenvalue weighted by Gasteiger charge is -2.10. The van der Waals surface area contributed by atoms with Gasteiger partial charge >= 0.3 is 12.0 Å². The van der Waals surface area contributed by atoms with Crippen molar-refractivity contribution in [3.05, 3.63) is 12.2 Å². The minimum atomic E-state index is -3.15. The highest BCUT2D eigenvalue weighted by Crippen LogP contribution is 2.18. The highest BCUT2D eigenvalue weighted by Gasteiger charge is 2.31. The molecule has 0 radical (unpaired) electrons. The van der Waals surface area contributed by atoms with E-state index in [1.54, 1.807) is 0 Å². The van der Waals surface area contributed by atoms with Crippen LogP contribution in [0, 0.1) is 0 Å². The zero-order valence-electron chi connectivity index (χ0n) is 9.96. The van der Waals surface area contributed by atoms with Crippen LogP contribution in [0.25, 0.3) is 0 Å². The maximum absolute atomic E-state index is 11.5. The van der Waals surface area contributed by atoms with Crippen molar-refractivity contribution in [1.82, 2.24) is 10.6 Å². The summed E-state index contributed by atoms with van der Waals surface area (Å²) in [6.07, 6.45) is 2.32. The van der Waals surface area contributed by atoms with Crippen LogP contribution in [-0.4, -0.2) is 49.0 Å². The van der Waals surface area contributed by atoms with Gasteiger partial charge in [0.25, 0.3) is 5.91 Å². The predicted octanol–water partition coefficient (Wildman–Crippen LogP) is -0.970. The standard InChI is InChI=1S/C10H14N2O6S/c13-8(3-4-9(14)15)12-10(16)11-6-7-2-1-5-19(7,17)18/h3-4,7H,1-2,5-6H2,(H,14,15)(H2,11,12,13,16)/b4-3+. The maximum atomic E-state index is 11.5. The van der Waals surface area contributed by atoms with E-state index in [-0.39, 0.29) is 12.3 Å². The molecule has 1 atom stereocenters. The van der Waals surface area contributed by atoms with Gasteiger partial charge in [0.05, 0.1) is 11.0 Å². The van der Waals surface area contributed by atoms with Crippen LogP contribution in [0.15, 0.2) is 12.2 Å². The SMILES string of the molecule is O=C(O)/C=C/C(=O)NC(=O)NCC1CCCS1(=O)=O. The van der Waals surface area contributed by atoms with Crippen molar-refractivity contribution in [3.63, 3.8) is 0 Å². The fourth-order valence-electron chi connectivity index (χ4n) is 1.64. The van der Waals surface area contributed by atoms with E-state index in [0.29, 0.717) is 25.0 Å². The smallest absolute Gasteiger partial charge is 0.328 e. The predicted molar refractivity (Wildman–Crippen MR) is 65.1 cm³/mol. The van der Waals surface area contributed by atoms with Crippen LogP contribution in [0.3, 0.4) is 0 Å². The lowest BCUT2D eigenvalue weighted by Crippen LogP contribution is -2.42. The number of sulfone groups is 1. The van der Waals surface area contributed by atoms with Crippen LogP contribution in [0.5, 0.6) is 0 Å².